The highest BCUT2D eigenvalue weighted by Gasteiger charge is 2.15. The minimum Gasteiger partial charge on any atom is -0.346 e. The predicted octanol–water partition coefficient (Wildman–Crippen LogP) is 6.60. The summed E-state index contributed by atoms with van der Waals surface area (Å²) in [6, 6.07) is 23.5. The molecule has 0 unspecified atom stereocenters. The number of fused-ring (bicyclic) bond motifs is 1. The lowest BCUT2D eigenvalue weighted by atomic mass is 9.98. The number of carbonyl (C=O) groups excluding carboxylic acids is 1. The molecule has 0 aliphatic carbocycles. The lowest BCUT2D eigenvalue weighted by Crippen LogP contribution is -2.27. The number of hydrogen-bond acceptors (Lipinski definition) is 4. The molecule has 1 N–H and O–H groups in total. The zero-order chi connectivity index (χ0) is 28.3. The van der Waals surface area contributed by atoms with Crippen molar-refractivity contribution < 1.29 is 13.6 Å². The Morgan fingerprint density at radius 1 is 0.829 bits per heavy atom. The van der Waals surface area contributed by atoms with Crippen LogP contribution in [0, 0.1) is 11.6 Å². The standard InChI is InChI=1S/C33H24F2N4O2/c34-29-11-9-22(14-30(29)35)19-39-20-36-17-28(33(39)41)31(40)12-10-21-5-4-8-24(13-21)27-18-38-32-26(27)15-25(16-37-32)23-6-2-1-3-7-23/h1-9,11,13-18,20H,10,12,19H2,(H,37,38). The molecule has 3 heterocycles. The van der Waals surface area contributed by atoms with E-state index in [0.717, 1.165) is 51.0 Å². The van der Waals surface area contributed by atoms with Crippen molar-refractivity contribution in [3.8, 4) is 22.3 Å². The number of Topliss-reactive ketones (excluding diaryl/α,β-unsaturated/α-hetero) is 1. The number of aromatic amines is 1. The maximum atomic E-state index is 13.6. The second-order valence-electron chi connectivity index (χ2n) is 9.80. The first kappa shape index (κ1) is 26.0. The summed E-state index contributed by atoms with van der Waals surface area (Å²) in [6.07, 6.45) is 6.87. The SMILES string of the molecule is O=C(CCc1cccc(-c2c[nH]c3ncc(-c4ccccc4)cc23)c1)c1cncn(Cc2ccc(F)c(F)c2)c1=O. The van der Waals surface area contributed by atoms with Crippen molar-refractivity contribution in [3.05, 3.63) is 142 Å². The number of nitrogens with one attached hydrogen (secondary N) is 1. The monoisotopic (exact) mass is 546 g/mol. The van der Waals surface area contributed by atoms with Gasteiger partial charge >= 0.3 is 0 Å². The van der Waals surface area contributed by atoms with Crippen LogP contribution in [0.5, 0.6) is 0 Å². The van der Waals surface area contributed by atoms with Gasteiger partial charge in [-0.15, -0.1) is 0 Å². The first-order chi connectivity index (χ1) is 20.0. The number of aromatic nitrogens is 4. The molecule has 41 heavy (non-hydrogen) atoms. The number of ketones is 1. The van der Waals surface area contributed by atoms with Crippen molar-refractivity contribution in [1.82, 2.24) is 19.5 Å². The van der Waals surface area contributed by atoms with Crippen molar-refractivity contribution in [2.45, 2.75) is 19.4 Å². The highest BCUT2D eigenvalue weighted by molar-refractivity contribution is 5.96. The molecule has 0 aliphatic rings. The Morgan fingerprint density at radius 2 is 1.66 bits per heavy atom. The lowest BCUT2D eigenvalue weighted by molar-refractivity contribution is 0.0980. The van der Waals surface area contributed by atoms with E-state index in [1.807, 2.05) is 67.0 Å². The molecule has 0 amide bonds. The molecular weight excluding hydrogens is 522 g/mol. The van der Waals surface area contributed by atoms with E-state index < -0.39 is 17.2 Å². The fourth-order valence-corrected chi connectivity index (χ4v) is 4.91. The number of hydrogen-bond donors (Lipinski definition) is 1. The fraction of sp³-hybridized carbons (Fsp3) is 0.0909. The Labute approximate surface area is 234 Å². The zero-order valence-corrected chi connectivity index (χ0v) is 21.9. The smallest absolute Gasteiger partial charge is 0.264 e. The van der Waals surface area contributed by atoms with Gasteiger partial charge in [0.15, 0.2) is 17.4 Å². The molecule has 8 heteroatoms. The number of nitrogens with zero attached hydrogens (tertiary/aromatic N) is 3. The molecule has 0 saturated heterocycles. The summed E-state index contributed by atoms with van der Waals surface area (Å²) >= 11 is 0. The van der Waals surface area contributed by atoms with E-state index in [-0.39, 0.29) is 24.3 Å². The van der Waals surface area contributed by atoms with E-state index in [0.29, 0.717) is 12.0 Å². The molecule has 6 aromatic rings. The summed E-state index contributed by atoms with van der Waals surface area (Å²) in [5, 5.41) is 0.997. The summed E-state index contributed by atoms with van der Waals surface area (Å²) in [5.41, 5.74) is 5.66. The van der Waals surface area contributed by atoms with Gasteiger partial charge in [-0.25, -0.2) is 18.7 Å². The van der Waals surface area contributed by atoms with Crippen LogP contribution < -0.4 is 5.56 Å². The molecule has 0 saturated carbocycles. The third-order valence-electron chi connectivity index (χ3n) is 7.06. The summed E-state index contributed by atoms with van der Waals surface area (Å²) < 4.78 is 28.1. The number of halogens is 2. The zero-order valence-electron chi connectivity index (χ0n) is 21.9. The number of pyridine rings is 1. The quantitative estimate of drug-likeness (QED) is 0.218. The highest BCUT2D eigenvalue weighted by Crippen LogP contribution is 2.31. The van der Waals surface area contributed by atoms with Crippen LogP contribution in [0.2, 0.25) is 0 Å². The van der Waals surface area contributed by atoms with Crippen LogP contribution in [0.3, 0.4) is 0 Å². The van der Waals surface area contributed by atoms with Crippen molar-refractivity contribution in [2.75, 3.05) is 0 Å². The van der Waals surface area contributed by atoms with E-state index in [4.69, 9.17) is 0 Å². The first-order valence-corrected chi connectivity index (χ1v) is 13.1. The van der Waals surface area contributed by atoms with Gasteiger partial charge in [0.1, 0.15) is 11.2 Å². The third-order valence-corrected chi connectivity index (χ3v) is 7.06. The van der Waals surface area contributed by atoms with Crippen molar-refractivity contribution in [3.63, 3.8) is 0 Å². The van der Waals surface area contributed by atoms with E-state index >= 15 is 0 Å². The second-order valence-corrected chi connectivity index (χ2v) is 9.80. The van der Waals surface area contributed by atoms with Crippen LogP contribution >= 0.6 is 0 Å². The van der Waals surface area contributed by atoms with Crippen molar-refractivity contribution in [2.24, 2.45) is 0 Å². The molecule has 3 aromatic carbocycles. The van der Waals surface area contributed by atoms with Gasteiger partial charge in [0.2, 0.25) is 0 Å². The number of aryl methyl sites for hydroxylation is 1. The predicted molar refractivity (Wildman–Crippen MR) is 154 cm³/mol. The second kappa shape index (κ2) is 11.1. The average Bonchev–Trinajstić information content (AvgIpc) is 3.43. The normalized spacial score (nSPS) is 11.2. The Hall–Kier alpha value is -5.24. The van der Waals surface area contributed by atoms with Crippen LogP contribution in [0.1, 0.15) is 27.9 Å². The van der Waals surface area contributed by atoms with Gasteiger partial charge < -0.3 is 4.98 Å². The number of benzene rings is 3. The van der Waals surface area contributed by atoms with Gasteiger partial charge in [-0.3, -0.25) is 14.2 Å². The van der Waals surface area contributed by atoms with Crippen molar-refractivity contribution in [1.29, 1.82) is 0 Å². The van der Waals surface area contributed by atoms with Gasteiger partial charge in [-0.2, -0.15) is 0 Å². The fourth-order valence-electron chi connectivity index (χ4n) is 4.91. The highest BCUT2D eigenvalue weighted by atomic mass is 19.2. The summed E-state index contributed by atoms with van der Waals surface area (Å²) in [5.74, 6) is -2.31. The molecule has 3 aromatic heterocycles. The lowest BCUT2D eigenvalue weighted by Gasteiger charge is -2.08. The summed E-state index contributed by atoms with van der Waals surface area (Å²) in [4.78, 5) is 37.9. The van der Waals surface area contributed by atoms with Crippen molar-refractivity contribution >= 4 is 16.8 Å². The molecule has 6 rings (SSSR count). The molecule has 0 fully saturated rings. The largest absolute Gasteiger partial charge is 0.346 e. The van der Waals surface area contributed by atoms with Gasteiger partial charge in [0, 0.05) is 41.5 Å². The number of H-pyrrole nitrogens is 1. The molecule has 0 bridgehead atoms. The van der Waals surface area contributed by atoms with Gasteiger partial charge in [-0.1, -0.05) is 60.7 Å². The van der Waals surface area contributed by atoms with E-state index in [1.54, 1.807) is 0 Å². The summed E-state index contributed by atoms with van der Waals surface area (Å²) in [7, 11) is 0. The van der Waals surface area contributed by atoms with E-state index in [2.05, 4.69) is 21.0 Å². The Morgan fingerprint density at radius 3 is 2.49 bits per heavy atom. The van der Waals surface area contributed by atoms with Crippen LogP contribution in [0.15, 0.2) is 109 Å². The minimum absolute atomic E-state index is 0.0301. The maximum Gasteiger partial charge on any atom is 0.264 e. The average molecular weight is 547 g/mol. The minimum atomic E-state index is -1.00. The maximum absolute atomic E-state index is 13.6. The van der Waals surface area contributed by atoms with Gasteiger partial charge in [0.05, 0.1) is 12.9 Å². The molecular formula is C33H24F2N4O2. The van der Waals surface area contributed by atoms with Crippen LogP contribution in [0.25, 0.3) is 33.3 Å². The summed E-state index contributed by atoms with van der Waals surface area (Å²) in [6.45, 7) is -0.0301. The van der Waals surface area contributed by atoms with Gasteiger partial charge in [-0.05, 0) is 46.9 Å². The molecule has 0 atom stereocenters. The molecule has 0 aliphatic heterocycles. The number of rotatable bonds is 8. The number of carbonyl (C=O) groups is 1. The molecule has 0 spiro atoms. The molecule has 202 valence electrons. The van der Waals surface area contributed by atoms with Crippen LogP contribution in [0.4, 0.5) is 8.78 Å². The third kappa shape index (κ3) is 5.45. The Balaban J connectivity index is 1.20. The van der Waals surface area contributed by atoms with E-state index in [9.17, 15) is 18.4 Å². The van der Waals surface area contributed by atoms with Gasteiger partial charge in [0.25, 0.3) is 5.56 Å². The Kier molecular flexibility index (Phi) is 7.04. The topological polar surface area (TPSA) is 80.6 Å². The van der Waals surface area contributed by atoms with Crippen LogP contribution in [-0.2, 0) is 13.0 Å². The van der Waals surface area contributed by atoms with E-state index in [1.165, 1.54) is 23.2 Å². The van der Waals surface area contributed by atoms with Crippen LogP contribution in [-0.4, -0.2) is 25.3 Å². The Bertz CT molecular complexity index is 1950. The first-order valence-electron chi connectivity index (χ1n) is 13.1. The molecule has 0 radical (unpaired) electrons. The molecule has 6 nitrogen and oxygen atoms in total.